The lowest BCUT2D eigenvalue weighted by atomic mass is 10.2. The summed E-state index contributed by atoms with van der Waals surface area (Å²) in [7, 11) is 0. The van der Waals surface area contributed by atoms with E-state index in [1.165, 1.54) is 11.6 Å². The maximum absolute atomic E-state index is 10.7. The van der Waals surface area contributed by atoms with Crippen LogP contribution in [0.3, 0.4) is 0 Å². The van der Waals surface area contributed by atoms with Crippen molar-refractivity contribution in [1.82, 2.24) is 0 Å². The summed E-state index contributed by atoms with van der Waals surface area (Å²) in [6.45, 7) is 0.119. The van der Waals surface area contributed by atoms with E-state index in [0.717, 1.165) is 0 Å². The van der Waals surface area contributed by atoms with Gasteiger partial charge >= 0.3 is 0 Å². The quantitative estimate of drug-likeness (QED) is 0.773. The number of rotatable bonds is 4. The molecule has 1 aromatic carbocycles. The smallest absolute Gasteiger partial charge is 0.153 e. The zero-order valence-corrected chi connectivity index (χ0v) is 9.81. The lowest BCUT2D eigenvalue weighted by molar-refractivity contribution is 0.112. The number of halogens is 3. The van der Waals surface area contributed by atoms with E-state index in [2.05, 4.69) is 0 Å². The van der Waals surface area contributed by atoms with Gasteiger partial charge in [0.2, 0.25) is 0 Å². The Kier molecular flexibility index (Phi) is 4.95. The summed E-state index contributed by atoms with van der Waals surface area (Å²) < 4.78 is 5.26. The van der Waals surface area contributed by atoms with Crippen LogP contribution in [0.4, 0.5) is 0 Å². The summed E-state index contributed by atoms with van der Waals surface area (Å²) in [6.07, 6.45) is 0.666. The molecule has 1 aromatic rings. The Morgan fingerprint density at radius 1 is 1.47 bits per heavy atom. The van der Waals surface area contributed by atoms with Crippen LogP contribution in [0.1, 0.15) is 10.4 Å². The number of aldehydes is 1. The zero-order chi connectivity index (χ0) is 11.3. The minimum atomic E-state index is 0.119. The van der Waals surface area contributed by atoms with Crippen LogP contribution in [0.15, 0.2) is 28.8 Å². The molecule has 0 atom stereocenters. The summed E-state index contributed by atoms with van der Waals surface area (Å²) in [6, 6.07) is 4.74. The minimum absolute atomic E-state index is 0.119. The normalized spacial score (nSPS) is 11.3. The molecule has 0 amide bonds. The molecule has 80 valence electrons. The molecule has 0 aliphatic rings. The van der Waals surface area contributed by atoms with E-state index in [4.69, 9.17) is 39.5 Å². The first-order valence-corrected chi connectivity index (χ1v) is 5.19. The molecule has 0 saturated carbocycles. The van der Waals surface area contributed by atoms with Gasteiger partial charge in [-0.3, -0.25) is 4.79 Å². The highest BCUT2D eigenvalue weighted by Crippen LogP contribution is 2.22. The predicted molar refractivity (Wildman–Crippen MR) is 62.1 cm³/mol. The summed E-state index contributed by atoms with van der Waals surface area (Å²) in [4.78, 5) is 10.7. The summed E-state index contributed by atoms with van der Waals surface area (Å²) >= 11 is 16.7. The molecule has 15 heavy (non-hydrogen) atoms. The SMILES string of the molecule is O=Cc1cc(Cl)ccc1OCC(Cl)=CCl. The van der Waals surface area contributed by atoms with Crippen LogP contribution in [0.5, 0.6) is 5.75 Å². The maximum atomic E-state index is 10.7. The van der Waals surface area contributed by atoms with Gasteiger partial charge in [0.25, 0.3) is 0 Å². The Bertz CT molecular complexity index is 388. The van der Waals surface area contributed by atoms with Crippen molar-refractivity contribution in [3.05, 3.63) is 39.4 Å². The summed E-state index contributed by atoms with van der Waals surface area (Å²) in [5, 5.41) is 0.826. The van der Waals surface area contributed by atoms with Gasteiger partial charge in [-0.05, 0) is 18.2 Å². The molecule has 5 heteroatoms. The lowest BCUT2D eigenvalue weighted by Crippen LogP contribution is -1.99. The number of ether oxygens (including phenoxy) is 1. The van der Waals surface area contributed by atoms with E-state index in [-0.39, 0.29) is 6.61 Å². The molecule has 0 N–H and O–H groups in total. The molecule has 0 heterocycles. The van der Waals surface area contributed by atoms with Crippen molar-refractivity contribution >= 4 is 41.1 Å². The fourth-order valence-corrected chi connectivity index (χ4v) is 1.22. The number of hydrogen-bond acceptors (Lipinski definition) is 2. The van der Waals surface area contributed by atoms with Crippen molar-refractivity contribution in [1.29, 1.82) is 0 Å². The van der Waals surface area contributed by atoms with Crippen molar-refractivity contribution in [3.63, 3.8) is 0 Å². The van der Waals surface area contributed by atoms with Gasteiger partial charge in [-0.25, -0.2) is 0 Å². The molecule has 0 radical (unpaired) electrons. The van der Waals surface area contributed by atoms with E-state index >= 15 is 0 Å². The highest BCUT2D eigenvalue weighted by Gasteiger charge is 2.04. The molecule has 1 rings (SSSR count). The first-order valence-electron chi connectivity index (χ1n) is 3.99. The van der Waals surface area contributed by atoms with Crippen molar-refractivity contribution in [2.24, 2.45) is 0 Å². The molecule has 0 fully saturated rings. The van der Waals surface area contributed by atoms with E-state index in [1.807, 2.05) is 0 Å². The second-order valence-electron chi connectivity index (χ2n) is 2.64. The van der Waals surface area contributed by atoms with Gasteiger partial charge in [-0.2, -0.15) is 0 Å². The van der Waals surface area contributed by atoms with Gasteiger partial charge in [0.05, 0.1) is 10.6 Å². The molecule has 2 nitrogen and oxygen atoms in total. The van der Waals surface area contributed by atoms with Gasteiger partial charge in [0.15, 0.2) is 6.29 Å². The number of hydrogen-bond donors (Lipinski definition) is 0. The number of carbonyl (C=O) groups is 1. The largest absolute Gasteiger partial charge is 0.487 e. The van der Waals surface area contributed by atoms with E-state index in [9.17, 15) is 4.79 Å². The molecule has 0 saturated heterocycles. The third-order valence-corrected chi connectivity index (χ3v) is 2.41. The molecule has 0 aliphatic heterocycles. The van der Waals surface area contributed by atoms with E-state index < -0.39 is 0 Å². The average molecular weight is 266 g/mol. The Balaban J connectivity index is 2.80. The van der Waals surface area contributed by atoms with Crippen molar-refractivity contribution in [3.8, 4) is 5.75 Å². The fraction of sp³-hybridized carbons (Fsp3) is 0.100. The third kappa shape index (κ3) is 3.74. The van der Waals surface area contributed by atoms with Crippen LogP contribution in [-0.2, 0) is 0 Å². The summed E-state index contributed by atoms with van der Waals surface area (Å²) in [5.74, 6) is 0.422. The van der Waals surface area contributed by atoms with Crippen LogP contribution >= 0.6 is 34.8 Å². The highest BCUT2D eigenvalue weighted by molar-refractivity contribution is 6.36. The first kappa shape index (κ1) is 12.4. The van der Waals surface area contributed by atoms with E-state index in [1.54, 1.807) is 12.1 Å². The second kappa shape index (κ2) is 6.01. The average Bonchev–Trinajstić information content (AvgIpc) is 2.26. The Hall–Kier alpha value is -0.700. The fourth-order valence-electron chi connectivity index (χ4n) is 0.921. The van der Waals surface area contributed by atoms with Gasteiger partial charge in [0, 0.05) is 10.6 Å². The molecule has 0 aliphatic carbocycles. The Morgan fingerprint density at radius 2 is 2.20 bits per heavy atom. The molecule has 0 bridgehead atoms. The lowest BCUT2D eigenvalue weighted by Gasteiger charge is -2.07. The van der Waals surface area contributed by atoms with Crippen LogP contribution < -0.4 is 4.74 Å². The topological polar surface area (TPSA) is 26.3 Å². The second-order valence-corrected chi connectivity index (χ2v) is 3.78. The number of benzene rings is 1. The summed E-state index contributed by atoms with van der Waals surface area (Å²) in [5.41, 5.74) is 1.58. The molecule has 0 spiro atoms. The molecular formula is C10H7Cl3O2. The van der Waals surface area contributed by atoms with Crippen LogP contribution in [-0.4, -0.2) is 12.9 Å². The maximum Gasteiger partial charge on any atom is 0.153 e. The number of carbonyl (C=O) groups excluding carboxylic acids is 1. The third-order valence-electron chi connectivity index (χ3n) is 1.58. The van der Waals surface area contributed by atoms with Crippen molar-refractivity contribution in [2.45, 2.75) is 0 Å². The predicted octanol–water partition coefficient (Wildman–Crippen LogP) is 3.85. The van der Waals surface area contributed by atoms with E-state index in [0.29, 0.717) is 27.7 Å². The minimum Gasteiger partial charge on any atom is -0.487 e. The Morgan fingerprint density at radius 3 is 2.80 bits per heavy atom. The highest BCUT2D eigenvalue weighted by atomic mass is 35.5. The van der Waals surface area contributed by atoms with Crippen LogP contribution in [0.25, 0.3) is 0 Å². The standard InChI is InChI=1S/C10H7Cl3O2/c11-4-9(13)6-15-10-2-1-8(12)3-7(10)5-14/h1-5H,6H2. The van der Waals surface area contributed by atoms with Gasteiger partial charge in [-0.1, -0.05) is 34.8 Å². The van der Waals surface area contributed by atoms with Crippen molar-refractivity contribution < 1.29 is 9.53 Å². The molecule has 0 unspecified atom stereocenters. The van der Waals surface area contributed by atoms with Crippen LogP contribution in [0, 0.1) is 0 Å². The molecular weight excluding hydrogens is 258 g/mol. The van der Waals surface area contributed by atoms with Gasteiger partial charge < -0.3 is 4.74 Å². The monoisotopic (exact) mass is 264 g/mol. The zero-order valence-electron chi connectivity index (χ0n) is 7.54. The van der Waals surface area contributed by atoms with Crippen LogP contribution in [0.2, 0.25) is 5.02 Å². The molecule has 0 aromatic heterocycles. The van der Waals surface area contributed by atoms with Crippen molar-refractivity contribution in [2.75, 3.05) is 6.61 Å². The Labute approximate surface area is 102 Å². The van der Waals surface area contributed by atoms with Gasteiger partial charge in [0.1, 0.15) is 12.4 Å². The van der Waals surface area contributed by atoms with Gasteiger partial charge in [-0.15, -0.1) is 0 Å². The first-order chi connectivity index (χ1) is 7.17.